The predicted octanol–water partition coefficient (Wildman–Crippen LogP) is 6.02. The summed E-state index contributed by atoms with van der Waals surface area (Å²) in [5.41, 5.74) is 4.29. The minimum absolute atomic E-state index is 0.00446. The second-order valence-electron chi connectivity index (χ2n) is 9.59. The molecule has 1 atom stereocenters. The summed E-state index contributed by atoms with van der Waals surface area (Å²) in [6.07, 6.45) is 1.92. The lowest BCUT2D eigenvalue weighted by Crippen LogP contribution is -2.37. The van der Waals surface area contributed by atoms with Gasteiger partial charge in [0.15, 0.2) is 0 Å². The molecule has 2 heterocycles. The summed E-state index contributed by atoms with van der Waals surface area (Å²) in [7, 11) is 3.49. The van der Waals surface area contributed by atoms with Gasteiger partial charge in [-0.1, -0.05) is 42.5 Å². The monoisotopic (exact) mass is 511 g/mol. The number of aryl methyl sites for hydroxylation is 2. The Bertz CT molecular complexity index is 1380. The Morgan fingerprint density at radius 1 is 1.05 bits per heavy atom. The van der Waals surface area contributed by atoms with Gasteiger partial charge in [0.25, 0.3) is 5.91 Å². The first-order chi connectivity index (χ1) is 18.5. The zero-order valence-corrected chi connectivity index (χ0v) is 22.1. The Morgan fingerprint density at radius 2 is 1.84 bits per heavy atom. The largest absolute Gasteiger partial charge is 0.497 e. The van der Waals surface area contributed by atoms with Crippen molar-refractivity contribution in [2.45, 2.75) is 32.4 Å². The third-order valence-electron chi connectivity index (χ3n) is 6.76. The number of rotatable bonds is 9. The van der Waals surface area contributed by atoms with Gasteiger partial charge in [-0.15, -0.1) is 0 Å². The number of hydrogen-bond acceptors (Lipinski definition) is 5. The lowest BCUT2D eigenvalue weighted by atomic mass is 10.1. The molecule has 1 amide bonds. The van der Waals surface area contributed by atoms with Crippen molar-refractivity contribution >= 4 is 5.91 Å². The highest BCUT2D eigenvalue weighted by Crippen LogP contribution is 2.35. The van der Waals surface area contributed by atoms with Gasteiger partial charge in [0, 0.05) is 31.3 Å². The molecule has 0 radical (unpaired) electrons. The molecule has 0 unspecified atom stereocenters. The van der Waals surface area contributed by atoms with E-state index in [1.54, 1.807) is 23.9 Å². The molecular formula is C31H33N3O4. The topological polar surface area (TPSA) is 65.8 Å². The van der Waals surface area contributed by atoms with Crippen LogP contribution in [0, 0.1) is 6.92 Å². The van der Waals surface area contributed by atoms with E-state index in [-0.39, 0.29) is 12.0 Å². The Labute approximate surface area is 223 Å². The van der Waals surface area contributed by atoms with Crippen molar-refractivity contribution in [2.75, 3.05) is 20.3 Å². The van der Waals surface area contributed by atoms with Gasteiger partial charge in [-0.25, -0.2) is 4.68 Å². The summed E-state index contributed by atoms with van der Waals surface area (Å²) in [5.74, 6) is 1.96. The van der Waals surface area contributed by atoms with Crippen LogP contribution in [0.1, 0.15) is 34.3 Å². The zero-order valence-electron chi connectivity index (χ0n) is 22.1. The van der Waals surface area contributed by atoms with Crippen LogP contribution in [0.2, 0.25) is 0 Å². The van der Waals surface area contributed by atoms with Gasteiger partial charge in [0.2, 0.25) is 5.88 Å². The van der Waals surface area contributed by atoms with Crippen molar-refractivity contribution in [1.82, 2.24) is 14.7 Å². The molecule has 0 bridgehead atoms. The molecular weight excluding hydrogens is 478 g/mol. The molecule has 0 spiro atoms. The van der Waals surface area contributed by atoms with E-state index < -0.39 is 0 Å². The van der Waals surface area contributed by atoms with E-state index in [4.69, 9.17) is 19.3 Å². The quantitative estimate of drug-likeness (QED) is 0.275. The van der Waals surface area contributed by atoms with Crippen LogP contribution in [0.15, 0.2) is 78.9 Å². The summed E-state index contributed by atoms with van der Waals surface area (Å²) < 4.78 is 19.4. The molecule has 1 aliphatic heterocycles. The molecule has 3 aromatic carbocycles. The molecule has 38 heavy (non-hydrogen) atoms. The first kappa shape index (κ1) is 25.5. The second kappa shape index (κ2) is 11.5. The smallest absolute Gasteiger partial charge is 0.254 e. The lowest BCUT2D eigenvalue weighted by molar-refractivity contribution is 0.0506. The molecule has 5 rings (SSSR count). The van der Waals surface area contributed by atoms with E-state index in [1.807, 2.05) is 85.6 Å². The Kier molecular flexibility index (Phi) is 7.75. The molecule has 0 saturated carbocycles. The third kappa shape index (κ3) is 5.73. The minimum atomic E-state index is -0.0764. The minimum Gasteiger partial charge on any atom is -0.497 e. The zero-order chi connectivity index (χ0) is 26.5. The van der Waals surface area contributed by atoms with Crippen molar-refractivity contribution < 1.29 is 19.0 Å². The highest BCUT2D eigenvalue weighted by atomic mass is 16.5. The van der Waals surface area contributed by atoms with E-state index in [0.717, 1.165) is 47.6 Å². The highest BCUT2D eigenvalue weighted by molar-refractivity contribution is 5.94. The van der Waals surface area contributed by atoms with Crippen LogP contribution in [-0.2, 0) is 18.3 Å². The van der Waals surface area contributed by atoms with Crippen molar-refractivity contribution in [1.29, 1.82) is 0 Å². The number of hydrogen-bond donors (Lipinski definition) is 0. The van der Waals surface area contributed by atoms with E-state index >= 15 is 0 Å². The van der Waals surface area contributed by atoms with Crippen LogP contribution in [0.3, 0.4) is 0 Å². The van der Waals surface area contributed by atoms with Crippen LogP contribution in [-0.4, -0.2) is 47.0 Å². The first-order valence-electron chi connectivity index (χ1n) is 12.9. The van der Waals surface area contributed by atoms with Gasteiger partial charge in [0.1, 0.15) is 17.2 Å². The average molecular weight is 512 g/mol. The van der Waals surface area contributed by atoms with Crippen LogP contribution < -0.4 is 9.47 Å². The number of aromatic nitrogens is 2. The molecule has 1 aliphatic rings. The molecule has 1 saturated heterocycles. The number of carbonyl (C=O) groups is 1. The number of ether oxygens (including phenoxy) is 3. The Balaban J connectivity index is 1.55. The fourth-order valence-corrected chi connectivity index (χ4v) is 4.80. The summed E-state index contributed by atoms with van der Waals surface area (Å²) in [5, 5.41) is 4.84. The third-order valence-corrected chi connectivity index (χ3v) is 6.76. The number of amides is 1. The van der Waals surface area contributed by atoms with Crippen LogP contribution >= 0.6 is 0 Å². The molecule has 1 aromatic heterocycles. The van der Waals surface area contributed by atoms with Gasteiger partial charge >= 0.3 is 0 Å². The number of nitrogens with zero attached hydrogens (tertiary/aromatic N) is 3. The van der Waals surface area contributed by atoms with Gasteiger partial charge < -0.3 is 19.1 Å². The molecule has 0 N–H and O–H groups in total. The van der Waals surface area contributed by atoms with Crippen molar-refractivity contribution in [3.05, 3.63) is 95.6 Å². The highest BCUT2D eigenvalue weighted by Gasteiger charge is 2.28. The normalized spacial score (nSPS) is 14.9. The molecule has 0 aliphatic carbocycles. The molecule has 1 fully saturated rings. The van der Waals surface area contributed by atoms with Crippen LogP contribution in [0.25, 0.3) is 11.3 Å². The summed E-state index contributed by atoms with van der Waals surface area (Å²) in [6, 6.07) is 25.1. The first-order valence-corrected chi connectivity index (χ1v) is 12.9. The second-order valence-corrected chi connectivity index (χ2v) is 9.59. The van der Waals surface area contributed by atoms with Crippen LogP contribution in [0.5, 0.6) is 17.4 Å². The van der Waals surface area contributed by atoms with E-state index in [9.17, 15) is 4.79 Å². The maximum atomic E-state index is 13.9. The average Bonchev–Trinajstić information content (AvgIpc) is 3.56. The van der Waals surface area contributed by atoms with Gasteiger partial charge in [-0.3, -0.25) is 4.79 Å². The Morgan fingerprint density at radius 3 is 2.53 bits per heavy atom. The molecule has 7 nitrogen and oxygen atoms in total. The van der Waals surface area contributed by atoms with Gasteiger partial charge in [-0.05, 0) is 61.7 Å². The van der Waals surface area contributed by atoms with E-state index in [0.29, 0.717) is 30.3 Å². The van der Waals surface area contributed by atoms with Crippen molar-refractivity contribution in [3.63, 3.8) is 0 Å². The fourth-order valence-electron chi connectivity index (χ4n) is 4.80. The summed E-state index contributed by atoms with van der Waals surface area (Å²) in [4.78, 5) is 15.7. The number of benzene rings is 3. The molecule has 4 aromatic rings. The van der Waals surface area contributed by atoms with Gasteiger partial charge in [-0.2, -0.15) is 5.10 Å². The maximum absolute atomic E-state index is 13.9. The maximum Gasteiger partial charge on any atom is 0.254 e. The fraction of sp³-hybridized carbons (Fsp3) is 0.290. The number of methoxy groups -OCH3 is 1. The summed E-state index contributed by atoms with van der Waals surface area (Å²) in [6.45, 7) is 3.56. The summed E-state index contributed by atoms with van der Waals surface area (Å²) >= 11 is 0. The standard InChI is InChI=1S/C31H33N3O4/c1-22-9-7-12-26(19-22)38-31-28(29(32-33(31)2)23-10-5-4-6-11-23)21-34(20-27-13-8-18-37-27)30(35)24-14-16-25(36-3)17-15-24/h4-7,9-12,14-17,19,27H,8,13,18,20-21H2,1-3H3/t27-/m0/s1. The molecule has 7 heteroatoms. The van der Waals surface area contributed by atoms with Gasteiger partial charge in [0.05, 0.1) is 25.3 Å². The Hall–Kier alpha value is -4.10. The van der Waals surface area contributed by atoms with Crippen molar-refractivity contribution in [3.8, 4) is 28.6 Å². The van der Waals surface area contributed by atoms with Crippen LogP contribution in [0.4, 0.5) is 0 Å². The number of carbonyl (C=O) groups excluding carboxylic acids is 1. The lowest BCUT2D eigenvalue weighted by Gasteiger charge is -2.26. The molecule has 196 valence electrons. The van der Waals surface area contributed by atoms with E-state index in [1.165, 1.54) is 0 Å². The van der Waals surface area contributed by atoms with Crippen molar-refractivity contribution in [2.24, 2.45) is 7.05 Å². The SMILES string of the molecule is COc1ccc(C(=O)N(Cc2c(-c3ccccc3)nn(C)c2Oc2cccc(C)c2)C[C@@H]2CCCO2)cc1. The predicted molar refractivity (Wildman–Crippen MR) is 147 cm³/mol. The van der Waals surface area contributed by atoms with E-state index in [2.05, 4.69) is 0 Å².